The average molecular weight is 386 g/mol. The molecule has 1 unspecified atom stereocenters. The van der Waals surface area contributed by atoms with Gasteiger partial charge in [-0.2, -0.15) is 0 Å². The zero-order valence-electron chi connectivity index (χ0n) is 16.9. The van der Waals surface area contributed by atoms with Crippen LogP contribution in [0.3, 0.4) is 0 Å². The molecule has 0 spiro atoms. The highest BCUT2D eigenvalue weighted by Gasteiger charge is 2.32. The second-order valence-corrected chi connectivity index (χ2v) is 7.96. The number of hydrogen-bond acceptors (Lipinski definition) is 5. The molecule has 3 amide bonds. The van der Waals surface area contributed by atoms with Gasteiger partial charge >= 0.3 is 0 Å². The van der Waals surface area contributed by atoms with Gasteiger partial charge in [0.2, 0.25) is 18.2 Å². The lowest BCUT2D eigenvalue weighted by Crippen LogP contribution is -2.51. The van der Waals surface area contributed by atoms with Gasteiger partial charge < -0.3 is 15.1 Å². The van der Waals surface area contributed by atoms with Gasteiger partial charge in [0.05, 0.1) is 11.4 Å². The fraction of sp³-hybridized carbons (Fsp3) is 0.571. The quantitative estimate of drug-likeness (QED) is 0.575. The van der Waals surface area contributed by atoms with Crippen LogP contribution >= 0.6 is 0 Å². The lowest BCUT2D eigenvalue weighted by molar-refractivity contribution is -0.134. The van der Waals surface area contributed by atoms with Crippen LogP contribution < -0.4 is 20.4 Å². The SMILES string of the molecule is CC(C)N(C=O)c1cc(C2CCNCC2)ccc1N(C)C1CCC(=O)NC1=O. The predicted molar refractivity (Wildman–Crippen MR) is 110 cm³/mol. The summed E-state index contributed by atoms with van der Waals surface area (Å²) < 4.78 is 0. The molecule has 2 heterocycles. The molecule has 0 aliphatic carbocycles. The minimum absolute atomic E-state index is 0.00492. The maximum atomic E-state index is 12.4. The zero-order chi connectivity index (χ0) is 20.3. The van der Waals surface area contributed by atoms with Gasteiger partial charge in [-0.05, 0) is 69.8 Å². The van der Waals surface area contributed by atoms with Crippen LogP contribution in [0.15, 0.2) is 18.2 Å². The third kappa shape index (κ3) is 4.19. The van der Waals surface area contributed by atoms with E-state index in [0.717, 1.165) is 43.7 Å². The van der Waals surface area contributed by atoms with Crippen LogP contribution in [0, 0.1) is 0 Å². The molecule has 0 radical (unpaired) electrons. The smallest absolute Gasteiger partial charge is 0.249 e. The van der Waals surface area contributed by atoms with Crippen molar-refractivity contribution in [2.45, 2.75) is 57.5 Å². The van der Waals surface area contributed by atoms with Gasteiger partial charge in [-0.1, -0.05) is 6.07 Å². The van der Waals surface area contributed by atoms with Crippen molar-refractivity contribution in [2.24, 2.45) is 0 Å². The van der Waals surface area contributed by atoms with Crippen LogP contribution in [0.2, 0.25) is 0 Å². The van der Waals surface area contributed by atoms with E-state index in [1.807, 2.05) is 31.9 Å². The van der Waals surface area contributed by atoms with Crippen molar-refractivity contribution in [3.05, 3.63) is 23.8 Å². The molecule has 0 bridgehead atoms. The van der Waals surface area contributed by atoms with Crippen molar-refractivity contribution in [2.75, 3.05) is 29.9 Å². The number of benzene rings is 1. The maximum Gasteiger partial charge on any atom is 0.249 e. The van der Waals surface area contributed by atoms with E-state index < -0.39 is 6.04 Å². The number of imide groups is 1. The zero-order valence-corrected chi connectivity index (χ0v) is 16.9. The molecular weight excluding hydrogens is 356 g/mol. The summed E-state index contributed by atoms with van der Waals surface area (Å²) in [5.74, 6) is -0.0437. The maximum absolute atomic E-state index is 12.4. The second-order valence-electron chi connectivity index (χ2n) is 7.96. The van der Waals surface area contributed by atoms with Gasteiger partial charge in [-0.3, -0.25) is 19.7 Å². The van der Waals surface area contributed by atoms with E-state index in [0.29, 0.717) is 18.8 Å². The Morgan fingerprint density at radius 1 is 1.11 bits per heavy atom. The number of nitrogens with one attached hydrogen (secondary N) is 2. The van der Waals surface area contributed by atoms with Gasteiger partial charge in [0.15, 0.2) is 0 Å². The Morgan fingerprint density at radius 3 is 2.43 bits per heavy atom. The van der Waals surface area contributed by atoms with Crippen molar-refractivity contribution in [1.29, 1.82) is 0 Å². The van der Waals surface area contributed by atoms with E-state index >= 15 is 0 Å². The highest BCUT2D eigenvalue weighted by molar-refractivity contribution is 6.02. The fourth-order valence-electron chi connectivity index (χ4n) is 4.13. The first-order chi connectivity index (χ1) is 13.4. The number of rotatable bonds is 6. The molecule has 0 aromatic heterocycles. The van der Waals surface area contributed by atoms with Gasteiger partial charge in [-0.15, -0.1) is 0 Å². The third-order valence-corrected chi connectivity index (χ3v) is 5.82. The van der Waals surface area contributed by atoms with Crippen molar-refractivity contribution >= 4 is 29.6 Å². The van der Waals surface area contributed by atoms with Crippen molar-refractivity contribution in [1.82, 2.24) is 10.6 Å². The lowest BCUT2D eigenvalue weighted by atomic mass is 9.89. The number of carbonyl (C=O) groups is 3. The molecule has 152 valence electrons. The summed E-state index contributed by atoms with van der Waals surface area (Å²) in [6.45, 7) is 5.95. The number of anilines is 2. The first-order valence-electron chi connectivity index (χ1n) is 10.1. The molecule has 1 aromatic rings. The molecule has 2 aliphatic rings. The second kappa shape index (κ2) is 8.73. The minimum atomic E-state index is -0.429. The summed E-state index contributed by atoms with van der Waals surface area (Å²) in [5, 5.41) is 5.80. The monoisotopic (exact) mass is 386 g/mol. The summed E-state index contributed by atoms with van der Waals surface area (Å²) >= 11 is 0. The predicted octanol–water partition coefficient (Wildman–Crippen LogP) is 1.77. The van der Waals surface area contributed by atoms with Gasteiger partial charge in [0.1, 0.15) is 6.04 Å². The Morgan fingerprint density at radius 2 is 1.82 bits per heavy atom. The molecule has 3 rings (SSSR count). The Bertz CT molecular complexity index is 743. The molecule has 0 saturated carbocycles. The molecule has 2 fully saturated rings. The van der Waals surface area contributed by atoms with Crippen molar-refractivity contribution < 1.29 is 14.4 Å². The lowest BCUT2D eigenvalue weighted by Gasteiger charge is -2.35. The molecule has 2 saturated heterocycles. The van der Waals surface area contributed by atoms with E-state index in [9.17, 15) is 14.4 Å². The average Bonchev–Trinajstić information content (AvgIpc) is 2.68. The highest BCUT2D eigenvalue weighted by Crippen LogP contribution is 2.36. The van der Waals surface area contributed by atoms with Gasteiger partial charge in [0, 0.05) is 19.5 Å². The number of piperidine rings is 2. The topological polar surface area (TPSA) is 81.8 Å². The van der Waals surface area contributed by atoms with Gasteiger partial charge in [-0.25, -0.2) is 0 Å². The van der Waals surface area contributed by atoms with Crippen molar-refractivity contribution in [3.63, 3.8) is 0 Å². The first-order valence-corrected chi connectivity index (χ1v) is 10.1. The molecule has 28 heavy (non-hydrogen) atoms. The molecular formula is C21H30N4O3. The summed E-state index contributed by atoms with van der Waals surface area (Å²) in [7, 11) is 1.85. The summed E-state index contributed by atoms with van der Waals surface area (Å²) in [5.41, 5.74) is 2.87. The molecule has 1 atom stereocenters. The first kappa shape index (κ1) is 20.3. The summed E-state index contributed by atoms with van der Waals surface area (Å²) in [4.78, 5) is 39.3. The Balaban J connectivity index is 1.97. The molecule has 1 aromatic carbocycles. The number of hydrogen-bond donors (Lipinski definition) is 2. The molecule has 2 N–H and O–H groups in total. The van der Waals surface area contributed by atoms with E-state index in [4.69, 9.17) is 0 Å². The largest absolute Gasteiger partial charge is 0.361 e. The van der Waals surface area contributed by atoms with Crippen molar-refractivity contribution in [3.8, 4) is 0 Å². The van der Waals surface area contributed by atoms with Crippen LogP contribution in [0.5, 0.6) is 0 Å². The molecule has 2 aliphatic heterocycles. The van der Waals surface area contributed by atoms with Crippen LogP contribution in [0.1, 0.15) is 51.0 Å². The Kier molecular flexibility index (Phi) is 6.34. The van der Waals surface area contributed by atoms with Crippen LogP contribution in [0.4, 0.5) is 11.4 Å². The Hall–Kier alpha value is -2.41. The standard InChI is InChI=1S/C21H30N4O3/c1-14(2)25(13-26)19-12-16(15-8-10-22-11-9-15)4-5-17(19)24(3)18-6-7-20(27)23-21(18)28/h4-5,12-15,18,22H,6-11H2,1-3H3,(H,23,27,28). The Labute approximate surface area is 166 Å². The summed E-state index contributed by atoms with van der Waals surface area (Å²) in [6.07, 6.45) is 3.80. The van der Waals surface area contributed by atoms with Crippen LogP contribution in [-0.4, -0.2) is 50.4 Å². The number of amides is 3. The van der Waals surface area contributed by atoms with Gasteiger partial charge in [0.25, 0.3) is 0 Å². The number of nitrogens with zero attached hydrogens (tertiary/aromatic N) is 2. The van der Waals surface area contributed by atoms with E-state index in [1.165, 1.54) is 5.56 Å². The highest BCUT2D eigenvalue weighted by atomic mass is 16.2. The third-order valence-electron chi connectivity index (χ3n) is 5.82. The van der Waals surface area contributed by atoms with Crippen LogP contribution in [-0.2, 0) is 14.4 Å². The fourth-order valence-corrected chi connectivity index (χ4v) is 4.13. The number of likely N-dealkylation sites (N-methyl/N-ethyl adjacent to an activating group) is 1. The van der Waals surface area contributed by atoms with E-state index in [-0.39, 0.29) is 17.9 Å². The molecule has 7 nitrogen and oxygen atoms in total. The summed E-state index contributed by atoms with van der Waals surface area (Å²) in [6, 6.07) is 5.79. The van der Waals surface area contributed by atoms with E-state index in [2.05, 4.69) is 22.8 Å². The van der Waals surface area contributed by atoms with E-state index in [1.54, 1.807) is 4.90 Å². The minimum Gasteiger partial charge on any atom is -0.361 e. The molecule has 7 heteroatoms. The normalized spacial score (nSPS) is 20.8. The number of carbonyl (C=O) groups excluding carboxylic acids is 3. The van der Waals surface area contributed by atoms with Crippen LogP contribution in [0.25, 0.3) is 0 Å².